The van der Waals surface area contributed by atoms with Gasteiger partial charge in [0, 0.05) is 11.7 Å². The highest BCUT2D eigenvalue weighted by atomic mass is 15.0. The monoisotopic (exact) mass is 112 g/mol. The number of rotatable bonds is 1. The standard InChI is InChI=1S/C6H12N2/c1-5(7)6-3-2-4-8-6/h6,8H,1-4,7H2. The molecule has 1 aliphatic heterocycles. The number of hydrogen-bond acceptors (Lipinski definition) is 2. The van der Waals surface area contributed by atoms with Crippen LogP contribution in [0, 0.1) is 0 Å². The molecule has 0 aromatic rings. The minimum absolute atomic E-state index is 0.398. The van der Waals surface area contributed by atoms with Gasteiger partial charge < -0.3 is 11.1 Å². The number of nitrogens with two attached hydrogens (primary N) is 1. The summed E-state index contributed by atoms with van der Waals surface area (Å²) in [4.78, 5) is 0. The fourth-order valence-electron chi connectivity index (χ4n) is 1.00. The molecule has 0 saturated carbocycles. The van der Waals surface area contributed by atoms with Crippen LogP contribution >= 0.6 is 0 Å². The van der Waals surface area contributed by atoms with Crippen molar-refractivity contribution in [2.45, 2.75) is 18.9 Å². The first-order valence-corrected chi connectivity index (χ1v) is 2.98. The van der Waals surface area contributed by atoms with E-state index in [1.54, 1.807) is 0 Å². The summed E-state index contributed by atoms with van der Waals surface area (Å²) in [6.07, 6.45) is 2.40. The Morgan fingerprint density at radius 2 is 2.50 bits per heavy atom. The smallest absolute Gasteiger partial charge is 0.0461 e. The highest BCUT2D eigenvalue weighted by molar-refractivity contribution is 5.01. The molecule has 0 amide bonds. The molecule has 0 aromatic carbocycles. The summed E-state index contributed by atoms with van der Waals surface area (Å²) < 4.78 is 0. The lowest BCUT2D eigenvalue weighted by Gasteiger charge is -2.06. The summed E-state index contributed by atoms with van der Waals surface area (Å²) >= 11 is 0. The summed E-state index contributed by atoms with van der Waals surface area (Å²) in [5.74, 6) is 0. The lowest BCUT2D eigenvalue weighted by molar-refractivity contribution is 0.684. The van der Waals surface area contributed by atoms with Gasteiger partial charge in [-0.3, -0.25) is 0 Å². The Morgan fingerprint density at radius 1 is 1.75 bits per heavy atom. The zero-order valence-corrected chi connectivity index (χ0v) is 4.98. The topological polar surface area (TPSA) is 38.0 Å². The molecule has 1 saturated heterocycles. The van der Waals surface area contributed by atoms with Gasteiger partial charge in [0.2, 0.25) is 0 Å². The quantitative estimate of drug-likeness (QED) is 0.509. The van der Waals surface area contributed by atoms with Crippen molar-refractivity contribution >= 4 is 0 Å². The Labute approximate surface area is 49.8 Å². The fraction of sp³-hybridized carbons (Fsp3) is 0.667. The van der Waals surface area contributed by atoms with Crippen LogP contribution in [0.1, 0.15) is 12.8 Å². The minimum atomic E-state index is 0.398. The van der Waals surface area contributed by atoms with E-state index in [1.165, 1.54) is 6.42 Å². The zero-order chi connectivity index (χ0) is 5.98. The van der Waals surface area contributed by atoms with Crippen molar-refractivity contribution in [2.24, 2.45) is 5.73 Å². The predicted octanol–water partition coefficient (Wildman–Crippen LogP) is 0.211. The van der Waals surface area contributed by atoms with Crippen molar-refractivity contribution in [3.63, 3.8) is 0 Å². The minimum Gasteiger partial charge on any atom is -0.401 e. The van der Waals surface area contributed by atoms with E-state index in [1.807, 2.05) is 0 Å². The Balaban J connectivity index is 2.35. The van der Waals surface area contributed by atoms with Crippen molar-refractivity contribution < 1.29 is 0 Å². The van der Waals surface area contributed by atoms with Crippen LogP contribution in [0.4, 0.5) is 0 Å². The Bertz CT molecular complexity index is 92.7. The van der Waals surface area contributed by atoms with E-state index < -0.39 is 0 Å². The third-order valence-electron chi connectivity index (χ3n) is 1.51. The van der Waals surface area contributed by atoms with E-state index in [0.29, 0.717) is 6.04 Å². The Kier molecular flexibility index (Phi) is 1.53. The summed E-state index contributed by atoms with van der Waals surface area (Å²) in [6.45, 7) is 4.75. The van der Waals surface area contributed by atoms with Crippen LogP contribution in [0.2, 0.25) is 0 Å². The average Bonchev–Trinajstić information content (AvgIpc) is 2.12. The third-order valence-corrected chi connectivity index (χ3v) is 1.51. The molecule has 1 heterocycles. The van der Waals surface area contributed by atoms with E-state index in [9.17, 15) is 0 Å². The van der Waals surface area contributed by atoms with Crippen molar-refractivity contribution in [3.05, 3.63) is 12.3 Å². The first-order valence-electron chi connectivity index (χ1n) is 2.98. The van der Waals surface area contributed by atoms with E-state index in [4.69, 9.17) is 5.73 Å². The van der Waals surface area contributed by atoms with Crippen molar-refractivity contribution in [2.75, 3.05) is 6.54 Å². The van der Waals surface area contributed by atoms with Crippen LogP contribution in [0.5, 0.6) is 0 Å². The summed E-state index contributed by atoms with van der Waals surface area (Å²) in [5, 5.41) is 3.23. The van der Waals surface area contributed by atoms with Crippen LogP contribution < -0.4 is 11.1 Å². The SMILES string of the molecule is C=C(N)C1CCCN1. The molecule has 0 bridgehead atoms. The normalized spacial score (nSPS) is 28.2. The Hall–Kier alpha value is -0.500. The van der Waals surface area contributed by atoms with E-state index in [-0.39, 0.29) is 0 Å². The van der Waals surface area contributed by atoms with E-state index >= 15 is 0 Å². The van der Waals surface area contributed by atoms with Gasteiger partial charge in [0.15, 0.2) is 0 Å². The number of nitrogens with one attached hydrogen (secondary N) is 1. The summed E-state index contributed by atoms with van der Waals surface area (Å²) in [7, 11) is 0. The molecule has 2 nitrogen and oxygen atoms in total. The number of hydrogen-bond donors (Lipinski definition) is 2. The van der Waals surface area contributed by atoms with Crippen LogP contribution in [0.15, 0.2) is 12.3 Å². The van der Waals surface area contributed by atoms with Crippen molar-refractivity contribution in [1.82, 2.24) is 5.32 Å². The molecule has 0 spiro atoms. The molecule has 1 aliphatic rings. The lowest BCUT2D eigenvalue weighted by atomic mass is 10.2. The maximum Gasteiger partial charge on any atom is 0.0461 e. The van der Waals surface area contributed by atoms with Gasteiger partial charge in [-0.25, -0.2) is 0 Å². The average molecular weight is 112 g/mol. The highest BCUT2D eigenvalue weighted by Crippen LogP contribution is 2.07. The molecular formula is C6H12N2. The van der Waals surface area contributed by atoms with Gasteiger partial charge in [-0.1, -0.05) is 6.58 Å². The molecule has 1 atom stereocenters. The molecule has 1 unspecified atom stereocenters. The first-order chi connectivity index (χ1) is 3.80. The fourth-order valence-corrected chi connectivity index (χ4v) is 1.00. The molecule has 0 aromatic heterocycles. The van der Waals surface area contributed by atoms with Gasteiger partial charge in [-0.15, -0.1) is 0 Å². The maximum absolute atomic E-state index is 5.44. The van der Waals surface area contributed by atoms with Gasteiger partial charge in [0.05, 0.1) is 0 Å². The molecule has 46 valence electrons. The van der Waals surface area contributed by atoms with Crippen LogP contribution in [0.25, 0.3) is 0 Å². The third kappa shape index (κ3) is 1.01. The maximum atomic E-state index is 5.44. The van der Waals surface area contributed by atoms with Crippen molar-refractivity contribution in [3.8, 4) is 0 Å². The Morgan fingerprint density at radius 3 is 2.75 bits per heavy atom. The molecule has 2 heteroatoms. The largest absolute Gasteiger partial charge is 0.401 e. The molecule has 0 radical (unpaired) electrons. The van der Waals surface area contributed by atoms with Gasteiger partial charge in [-0.05, 0) is 19.4 Å². The molecule has 1 fully saturated rings. The summed E-state index contributed by atoms with van der Waals surface area (Å²) in [5.41, 5.74) is 6.22. The first kappa shape index (κ1) is 5.63. The molecule has 8 heavy (non-hydrogen) atoms. The molecular weight excluding hydrogens is 100 g/mol. The second-order valence-corrected chi connectivity index (χ2v) is 2.22. The predicted molar refractivity (Wildman–Crippen MR) is 34.4 cm³/mol. The van der Waals surface area contributed by atoms with E-state index in [2.05, 4.69) is 11.9 Å². The van der Waals surface area contributed by atoms with Crippen LogP contribution in [0.3, 0.4) is 0 Å². The highest BCUT2D eigenvalue weighted by Gasteiger charge is 2.13. The van der Waals surface area contributed by atoms with Gasteiger partial charge in [0.25, 0.3) is 0 Å². The van der Waals surface area contributed by atoms with E-state index in [0.717, 1.165) is 18.7 Å². The second kappa shape index (κ2) is 2.18. The molecule has 1 rings (SSSR count). The lowest BCUT2D eigenvalue weighted by Crippen LogP contribution is -2.26. The van der Waals surface area contributed by atoms with Gasteiger partial charge in [0.1, 0.15) is 0 Å². The molecule has 0 aliphatic carbocycles. The summed E-state index contributed by atoms with van der Waals surface area (Å²) in [6, 6.07) is 0.398. The second-order valence-electron chi connectivity index (χ2n) is 2.22. The van der Waals surface area contributed by atoms with Gasteiger partial charge in [-0.2, -0.15) is 0 Å². The zero-order valence-electron chi connectivity index (χ0n) is 4.98. The van der Waals surface area contributed by atoms with Crippen molar-refractivity contribution in [1.29, 1.82) is 0 Å². The van der Waals surface area contributed by atoms with Crippen LogP contribution in [-0.2, 0) is 0 Å². The molecule has 3 N–H and O–H groups in total. The van der Waals surface area contributed by atoms with Gasteiger partial charge >= 0.3 is 0 Å². The van der Waals surface area contributed by atoms with Crippen LogP contribution in [-0.4, -0.2) is 12.6 Å².